The summed E-state index contributed by atoms with van der Waals surface area (Å²) in [5, 5.41) is 3.71. The molecule has 0 saturated carbocycles. The Kier molecular flexibility index (Phi) is 4.40. The molecule has 0 aliphatic heterocycles. The van der Waals surface area contributed by atoms with Crippen LogP contribution in [0.2, 0.25) is 5.02 Å². The number of benzene rings is 2. The molecule has 0 amide bonds. The maximum Gasteiger partial charge on any atom is 0.416 e. The van der Waals surface area contributed by atoms with Crippen LogP contribution in [-0.4, -0.2) is 9.97 Å². The molecular formula is C17H11ClF3N3. The van der Waals surface area contributed by atoms with Crippen LogP contribution in [0.15, 0.2) is 60.9 Å². The van der Waals surface area contributed by atoms with Crippen LogP contribution in [0.3, 0.4) is 0 Å². The number of rotatable bonds is 3. The first kappa shape index (κ1) is 16.3. The van der Waals surface area contributed by atoms with Crippen LogP contribution in [0, 0.1) is 0 Å². The van der Waals surface area contributed by atoms with Crippen LogP contribution in [0.4, 0.5) is 24.7 Å². The summed E-state index contributed by atoms with van der Waals surface area (Å²) in [6.07, 6.45) is -3.00. The standard InChI is InChI=1S/C17H11ClF3N3/c18-13-5-7-14(8-6-13)24-16-9-15(22-10-23-16)11-1-3-12(4-2-11)17(19,20)21/h1-10H,(H,22,23,24). The lowest BCUT2D eigenvalue weighted by Crippen LogP contribution is -2.04. The number of aromatic nitrogens is 2. The Balaban J connectivity index is 1.83. The average molecular weight is 350 g/mol. The Bertz CT molecular complexity index is 831. The van der Waals surface area contributed by atoms with Crippen LogP contribution in [0.25, 0.3) is 11.3 Å². The van der Waals surface area contributed by atoms with E-state index in [0.29, 0.717) is 22.1 Å². The molecule has 122 valence electrons. The van der Waals surface area contributed by atoms with E-state index >= 15 is 0 Å². The zero-order chi connectivity index (χ0) is 17.2. The van der Waals surface area contributed by atoms with Crippen molar-refractivity contribution >= 4 is 23.1 Å². The molecule has 3 nitrogen and oxygen atoms in total. The Hall–Kier alpha value is -2.60. The van der Waals surface area contributed by atoms with Crippen molar-refractivity contribution in [3.05, 3.63) is 71.5 Å². The smallest absolute Gasteiger partial charge is 0.340 e. The fourth-order valence-corrected chi connectivity index (χ4v) is 2.22. The number of halogens is 4. The van der Waals surface area contributed by atoms with Crippen molar-refractivity contribution in [2.45, 2.75) is 6.18 Å². The van der Waals surface area contributed by atoms with E-state index in [1.165, 1.54) is 18.5 Å². The first-order valence-electron chi connectivity index (χ1n) is 6.94. The van der Waals surface area contributed by atoms with Crippen LogP contribution >= 0.6 is 11.6 Å². The molecule has 7 heteroatoms. The summed E-state index contributed by atoms with van der Waals surface area (Å²) in [5.41, 5.74) is 1.19. The van der Waals surface area contributed by atoms with Crippen LogP contribution < -0.4 is 5.32 Å². The molecule has 1 heterocycles. The zero-order valence-corrected chi connectivity index (χ0v) is 12.9. The molecule has 0 radical (unpaired) electrons. The van der Waals surface area contributed by atoms with E-state index in [4.69, 9.17) is 11.6 Å². The highest BCUT2D eigenvalue weighted by Crippen LogP contribution is 2.31. The summed E-state index contributed by atoms with van der Waals surface area (Å²) in [6.45, 7) is 0. The highest BCUT2D eigenvalue weighted by atomic mass is 35.5. The van der Waals surface area contributed by atoms with Gasteiger partial charge in [-0.15, -0.1) is 0 Å². The summed E-state index contributed by atoms with van der Waals surface area (Å²) in [5.74, 6) is 0.530. The fourth-order valence-electron chi connectivity index (χ4n) is 2.09. The molecule has 1 N–H and O–H groups in total. The van der Waals surface area contributed by atoms with E-state index < -0.39 is 11.7 Å². The minimum atomic E-state index is -4.36. The monoisotopic (exact) mass is 349 g/mol. The first-order chi connectivity index (χ1) is 11.4. The second-order valence-electron chi connectivity index (χ2n) is 5.00. The van der Waals surface area contributed by atoms with Gasteiger partial charge in [0.1, 0.15) is 12.1 Å². The van der Waals surface area contributed by atoms with Crippen molar-refractivity contribution in [3.8, 4) is 11.3 Å². The number of anilines is 2. The van der Waals surface area contributed by atoms with Crippen molar-refractivity contribution in [2.75, 3.05) is 5.32 Å². The molecule has 2 aromatic carbocycles. The van der Waals surface area contributed by atoms with E-state index in [0.717, 1.165) is 17.8 Å². The number of nitrogens with zero attached hydrogens (tertiary/aromatic N) is 2. The number of nitrogens with one attached hydrogen (secondary N) is 1. The molecule has 0 saturated heterocycles. The molecule has 0 spiro atoms. The molecule has 0 atom stereocenters. The minimum absolute atomic E-state index is 0.523. The normalized spacial score (nSPS) is 11.3. The average Bonchev–Trinajstić information content (AvgIpc) is 2.57. The Morgan fingerprint density at radius 2 is 1.54 bits per heavy atom. The van der Waals surface area contributed by atoms with Crippen LogP contribution in [-0.2, 0) is 6.18 Å². The second kappa shape index (κ2) is 6.49. The number of hydrogen-bond acceptors (Lipinski definition) is 3. The Morgan fingerprint density at radius 1 is 0.875 bits per heavy atom. The van der Waals surface area contributed by atoms with Gasteiger partial charge < -0.3 is 5.32 Å². The van der Waals surface area contributed by atoms with Gasteiger partial charge >= 0.3 is 6.18 Å². The molecule has 0 unspecified atom stereocenters. The van der Waals surface area contributed by atoms with Gasteiger partial charge in [-0.1, -0.05) is 23.7 Å². The first-order valence-corrected chi connectivity index (χ1v) is 7.32. The van der Waals surface area contributed by atoms with Gasteiger partial charge in [0.05, 0.1) is 11.3 Å². The zero-order valence-electron chi connectivity index (χ0n) is 12.2. The molecule has 3 aromatic rings. The lowest BCUT2D eigenvalue weighted by molar-refractivity contribution is -0.137. The highest BCUT2D eigenvalue weighted by molar-refractivity contribution is 6.30. The molecule has 0 aliphatic rings. The van der Waals surface area contributed by atoms with Gasteiger partial charge in [-0.05, 0) is 36.4 Å². The lowest BCUT2D eigenvalue weighted by Gasteiger charge is -2.09. The third-order valence-corrected chi connectivity index (χ3v) is 3.54. The molecular weight excluding hydrogens is 339 g/mol. The second-order valence-corrected chi connectivity index (χ2v) is 5.43. The summed E-state index contributed by atoms with van der Waals surface area (Å²) in [4.78, 5) is 8.21. The predicted octanol–water partition coefficient (Wildman–Crippen LogP) is 5.56. The van der Waals surface area contributed by atoms with Gasteiger partial charge in [-0.2, -0.15) is 13.2 Å². The highest BCUT2D eigenvalue weighted by Gasteiger charge is 2.30. The number of alkyl halides is 3. The summed E-state index contributed by atoms with van der Waals surface area (Å²) in [7, 11) is 0. The molecule has 0 aliphatic carbocycles. The van der Waals surface area contributed by atoms with Crippen molar-refractivity contribution in [1.29, 1.82) is 0 Å². The Morgan fingerprint density at radius 3 is 2.17 bits per heavy atom. The topological polar surface area (TPSA) is 37.8 Å². The molecule has 3 rings (SSSR count). The van der Waals surface area contributed by atoms with E-state index in [1.807, 2.05) is 0 Å². The third-order valence-electron chi connectivity index (χ3n) is 3.29. The van der Waals surface area contributed by atoms with Crippen LogP contribution in [0.5, 0.6) is 0 Å². The number of hydrogen-bond donors (Lipinski definition) is 1. The minimum Gasteiger partial charge on any atom is -0.340 e. The maximum atomic E-state index is 12.6. The van der Waals surface area contributed by atoms with Crippen LogP contribution in [0.1, 0.15) is 5.56 Å². The van der Waals surface area contributed by atoms with E-state index in [2.05, 4.69) is 15.3 Å². The van der Waals surface area contributed by atoms with E-state index in [9.17, 15) is 13.2 Å². The van der Waals surface area contributed by atoms with Gasteiger partial charge in [0.25, 0.3) is 0 Å². The summed E-state index contributed by atoms with van der Waals surface area (Å²) >= 11 is 5.83. The van der Waals surface area contributed by atoms with Gasteiger partial charge in [-0.3, -0.25) is 0 Å². The Labute approximate surface area is 141 Å². The molecule has 0 fully saturated rings. The van der Waals surface area contributed by atoms with Crippen molar-refractivity contribution < 1.29 is 13.2 Å². The quantitative estimate of drug-likeness (QED) is 0.672. The van der Waals surface area contributed by atoms with Crippen molar-refractivity contribution in [3.63, 3.8) is 0 Å². The van der Waals surface area contributed by atoms with E-state index in [1.54, 1.807) is 30.3 Å². The summed E-state index contributed by atoms with van der Waals surface area (Å²) < 4.78 is 37.8. The fraction of sp³-hybridized carbons (Fsp3) is 0.0588. The molecule has 24 heavy (non-hydrogen) atoms. The maximum absolute atomic E-state index is 12.6. The van der Waals surface area contributed by atoms with E-state index in [-0.39, 0.29) is 0 Å². The van der Waals surface area contributed by atoms with Crippen molar-refractivity contribution in [2.24, 2.45) is 0 Å². The van der Waals surface area contributed by atoms with Gasteiger partial charge in [0.15, 0.2) is 0 Å². The largest absolute Gasteiger partial charge is 0.416 e. The molecule has 1 aromatic heterocycles. The lowest BCUT2D eigenvalue weighted by atomic mass is 10.1. The predicted molar refractivity (Wildman–Crippen MR) is 87.2 cm³/mol. The SMILES string of the molecule is FC(F)(F)c1ccc(-c2cc(Nc3ccc(Cl)cc3)ncn2)cc1. The van der Waals surface area contributed by atoms with Crippen molar-refractivity contribution in [1.82, 2.24) is 9.97 Å². The third kappa shape index (κ3) is 3.83. The van der Waals surface area contributed by atoms with Gasteiger partial charge in [0, 0.05) is 22.3 Å². The van der Waals surface area contributed by atoms with Gasteiger partial charge in [0.2, 0.25) is 0 Å². The summed E-state index contributed by atoms with van der Waals surface area (Å²) in [6, 6.07) is 13.6. The van der Waals surface area contributed by atoms with Gasteiger partial charge in [-0.25, -0.2) is 9.97 Å². The molecule has 0 bridgehead atoms.